The smallest absolute Gasteiger partial charge is 0.262 e. The highest BCUT2D eigenvalue weighted by Gasteiger charge is 2.35. The molecule has 6 nitrogen and oxygen atoms in total. The Hall–Kier alpha value is -2.24. The molecule has 4 aliphatic rings. The minimum Gasteiger partial charge on any atom is -0.262 e. The maximum Gasteiger partial charge on any atom is 0.331 e. The number of rotatable bonds is 4. The Morgan fingerprint density at radius 3 is 1.54 bits per heavy atom. The number of carbonyl (C=O) groups is 2. The second-order valence-electron chi connectivity index (χ2n) is 7.33. The van der Waals surface area contributed by atoms with Gasteiger partial charge in [0.2, 0.25) is 0 Å². The van der Waals surface area contributed by atoms with Crippen LogP contribution >= 0.6 is 0 Å². The molecule has 6 heteroatoms. The van der Waals surface area contributed by atoms with Gasteiger partial charge in [0, 0.05) is 24.3 Å². The molecule has 2 saturated carbocycles. The van der Waals surface area contributed by atoms with Crippen LogP contribution in [0.1, 0.15) is 25.7 Å². The molecule has 4 bridgehead atoms. The Labute approximate surface area is 141 Å². The van der Waals surface area contributed by atoms with Crippen molar-refractivity contribution in [1.82, 2.24) is 10.9 Å². The van der Waals surface area contributed by atoms with E-state index < -0.39 is 11.8 Å². The lowest BCUT2D eigenvalue weighted by molar-refractivity contribution is -0.139. The lowest BCUT2D eigenvalue weighted by Gasteiger charge is -2.12. The SMILES string of the molecule is O=C(N/N=C\[C@@H]1C[C@@H]2C=C[C@@H]1C2)C(=O)N/N=C\[C@H]1C[C@H]2C=C[C@@H]1C2. The molecule has 4 aliphatic carbocycles. The number of nitrogens with one attached hydrogen (secondary N) is 2. The molecular formula is C18H22N4O2. The van der Waals surface area contributed by atoms with Gasteiger partial charge in [-0.2, -0.15) is 10.2 Å². The summed E-state index contributed by atoms with van der Waals surface area (Å²) in [5, 5.41) is 7.86. The van der Waals surface area contributed by atoms with Crippen molar-refractivity contribution in [3.8, 4) is 0 Å². The van der Waals surface area contributed by atoms with E-state index in [2.05, 4.69) is 45.4 Å². The van der Waals surface area contributed by atoms with Crippen LogP contribution in [0, 0.1) is 35.5 Å². The second-order valence-corrected chi connectivity index (χ2v) is 7.33. The Morgan fingerprint density at radius 1 is 0.750 bits per heavy atom. The Balaban J connectivity index is 1.19. The molecule has 0 aliphatic heterocycles. The molecule has 0 aromatic heterocycles. The van der Waals surface area contributed by atoms with E-state index in [4.69, 9.17) is 0 Å². The predicted octanol–water partition coefficient (Wildman–Crippen LogP) is 1.61. The summed E-state index contributed by atoms with van der Waals surface area (Å²) in [6, 6.07) is 0. The van der Waals surface area contributed by atoms with Crippen molar-refractivity contribution in [3.63, 3.8) is 0 Å². The van der Waals surface area contributed by atoms with Crippen molar-refractivity contribution in [1.29, 1.82) is 0 Å². The second kappa shape index (κ2) is 6.34. The summed E-state index contributed by atoms with van der Waals surface area (Å²) < 4.78 is 0. The lowest BCUT2D eigenvalue weighted by atomic mass is 9.95. The van der Waals surface area contributed by atoms with E-state index in [9.17, 15) is 9.59 Å². The quantitative estimate of drug-likeness (QED) is 0.356. The number of nitrogens with zero attached hydrogens (tertiary/aromatic N) is 2. The van der Waals surface area contributed by atoms with Gasteiger partial charge in [0.05, 0.1) is 0 Å². The van der Waals surface area contributed by atoms with Crippen molar-refractivity contribution < 1.29 is 9.59 Å². The fraction of sp³-hybridized carbons (Fsp3) is 0.556. The summed E-state index contributed by atoms with van der Waals surface area (Å²) in [5.74, 6) is 1.54. The van der Waals surface area contributed by atoms with E-state index in [1.165, 1.54) is 12.8 Å². The molecule has 126 valence electrons. The Morgan fingerprint density at radius 2 is 1.21 bits per heavy atom. The summed E-state index contributed by atoms with van der Waals surface area (Å²) in [6.45, 7) is 0. The summed E-state index contributed by atoms with van der Waals surface area (Å²) in [7, 11) is 0. The first-order valence-corrected chi connectivity index (χ1v) is 8.72. The van der Waals surface area contributed by atoms with Crippen LogP contribution < -0.4 is 10.9 Å². The highest BCUT2D eigenvalue weighted by atomic mass is 16.2. The van der Waals surface area contributed by atoms with Crippen molar-refractivity contribution in [2.75, 3.05) is 0 Å². The molecule has 2 amide bonds. The highest BCUT2D eigenvalue weighted by molar-refractivity contribution is 6.35. The Bertz CT molecular complexity index is 595. The van der Waals surface area contributed by atoms with Gasteiger partial charge >= 0.3 is 11.8 Å². The molecule has 0 spiro atoms. The van der Waals surface area contributed by atoms with E-state index in [1.54, 1.807) is 12.4 Å². The molecule has 24 heavy (non-hydrogen) atoms. The zero-order valence-electron chi connectivity index (χ0n) is 13.5. The third-order valence-corrected chi connectivity index (χ3v) is 5.73. The summed E-state index contributed by atoms with van der Waals surface area (Å²) in [6.07, 6.45) is 17.0. The van der Waals surface area contributed by atoms with Crippen molar-refractivity contribution >= 4 is 24.2 Å². The average molecular weight is 326 g/mol. The number of carbonyl (C=O) groups excluding carboxylic acids is 2. The number of fused-ring (bicyclic) bond motifs is 4. The molecule has 0 saturated heterocycles. The molecule has 0 aromatic rings. The molecule has 4 rings (SSSR count). The fourth-order valence-electron chi connectivity index (χ4n) is 4.47. The van der Waals surface area contributed by atoms with Crippen molar-refractivity contribution in [2.45, 2.75) is 25.7 Å². The van der Waals surface area contributed by atoms with Gasteiger partial charge in [-0.3, -0.25) is 9.59 Å². The number of hydrazone groups is 2. The van der Waals surface area contributed by atoms with Gasteiger partial charge in [0.1, 0.15) is 0 Å². The van der Waals surface area contributed by atoms with E-state index in [0.29, 0.717) is 35.5 Å². The zero-order chi connectivity index (χ0) is 16.5. The molecule has 2 N–H and O–H groups in total. The summed E-state index contributed by atoms with van der Waals surface area (Å²) in [5.41, 5.74) is 4.57. The summed E-state index contributed by atoms with van der Waals surface area (Å²) in [4.78, 5) is 23.4. The monoisotopic (exact) mass is 326 g/mol. The first-order valence-electron chi connectivity index (χ1n) is 8.72. The van der Waals surface area contributed by atoms with Gasteiger partial charge < -0.3 is 0 Å². The molecule has 0 aromatic carbocycles. The van der Waals surface area contributed by atoms with E-state index >= 15 is 0 Å². The van der Waals surface area contributed by atoms with E-state index in [0.717, 1.165) is 12.8 Å². The van der Waals surface area contributed by atoms with Gasteiger partial charge in [-0.1, -0.05) is 24.3 Å². The number of allylic oxidation sites excluding steroid dienone is 4. The molecule has 0 radical (unpaired) electrons. The van der Waals surface area contributed by atoms with Crippen LogP contribution in [0.3, 0.4) is 0 Å². The van der Waals surface area contributed by atoms with Crippen LogP contribution in [-0.4, -0.2) is 24.2 Å². The maximum atomic E-state index is 11.7. The van der Waals surface area contributed by atoms with Crippen LogP contribution in [0.5, 0.6) is 0 Å². The maximum absolute atomic E-state index is 11.7. The first kappa shape index (κ1) is 15.3. The summed E-state index contributed by atoms with van der Waals surface area (Å²) >= 11 is 0. The topological polar surface area (TPSA) is 82.9 Å². The molecule has 0 unspecified atom stereocenters. The van der Waals surface area contributed by atoms with E-state index in [-0.39, 0.29) is 0 Å². The first-order chi connectivity index (χ1) is 11.7. The Kier molecular flexibility index (Phi) is 4.04. The van der Waals surface area contributed by atoms with Crippen molar-refractivity contribution in [3.05, 3.63) is 24.3 Å². The molecular weight excluding hydrogens is 304 g/mol. The number of hydrogen-bond donors (Lipinski definition) is 2. The molecule has 0 heterocycles. The van der Waals surface area contributed by atoms with Crippen LogP contribution in [0.2, 0.25) is 0 Å². The van der Waals surface area contributed by atoms with Gasteiger partial charge in [-0.15, -0.1) is 0 Å². The minimum absolute atomic E-state index is 0.368. The van der Waals surface area contributed by atoms with Gasteiger partial charge in [0.25, 0.3) is 0 Å². The zero-order valence-corrected chi connectivity index (χ0v) is 13.5. The van der Waals surface area contributed by atoms with Crippen LogP contribution in [0.25, 0.3) is 0 Å². The largest absolute Gasteiger partial charge is 0.331 e. The average Bonchev–Trinajstić information content (AvgIpc) is 3.35. The highest BCUT2D eigenvalue weighted by Crippen LogP contribution is 2.43. The third kappa shape index (κ3) is 3.05. The predicted molar refractivity (Wildman–Crippen MR) is 91.0 cm³/mol. The van der Waals surface area contributed by atoms with Crippen LogP contribution in [0.4, 0.5) is 0 Å². The third-order valence-electron chi connectivity index (χ3n) is 5.73. The molecule has 6 atom stereocenters. The lowest BCUT2D eigenvalue weighted by Crippen LogP contribution is -2.35. The molecule has 2 fully saturated rings. The minimum atomic E-state index is -0.782. The van der Waals surface area contributed by atoms with Gasteiger partial charge in [-0.05, 0) is 49.4 Å². The van der Waals surface area contributed by atoms with Crippen LogP contribution in [-0.2, 0) is 9.59 Å². The van der Waals surface area contributed by atoms with Gasteiger partial charge in [-0.25, -0.2) is 10.9 Å². The number of amides is 2. The standard InChI is InChI=1S/C18H22N4O2/c23-17(21-19-9-15-7-11-1-3-13(15)5-11)18(24)22-20-10-16-8-12-2-4-14(16)6-12/h1-4,9-16H,5-8H2,(H,21,23)(H,22,24)/b19-9-,20-10-/t11-,12+,13-,14-,15+,16-/m1/s1. The fourth-order valence-corrected chi connectivity index (χ4v) is 4.47. The van der Waals surface area contributed by atoms with E-state index in [1.807, 2.05) is 0 Å². The van der Waals surface area contributed by atoms with Crippen LogP contribution in [0.15, 0.2) is 34.5 Å². The van der Waals surface area contributed by atoms with Gasteiger partial charge in [0.15, 0.2) is 0 Å². The normalized spacial score (nSPS) is 38.7. The number of hydrogen-bond acceptors (Lipinski definition) is 4. The van der Waals surface area contributed by atoms with Crippen molar-refractivity contribution in [2.24, 2.45) is 45.7 Å².